The molecule has 0 spiro atoms. The maximum atomic E-state index is 11.0. The van der Waals surface area contributed by atoms with Gasteiger partial charge in [-0.05, 0) is 29.8 Å². The Morgan fingerprint density at radius 3 is 2.59 bits per heavy atom. The largest absolute Gasteiger partial charge is 0.489 e. The van der Waals surface area contributed by atoms with Crippen LogP contribution in [0, 0.1) is 10.1 Å². The third kappa shape index (κ3) is 4.25. The van der Waals surface area contributed by atoms with Crippen molar-refractivity contribution < 1.29 is 18.8 Å². The Morgan fingerprint density at radius 2 is 1.83 bits per heavy atom. The first-order valence-corrected chi connectivity index (χ1v) is 11.5. The molecule has 29 heavy (non-hydrogen) atoms. The van der Waals surface area contributed by atoms with Crippen LogP contribution in [-0.4, -0.2) is 19.8 Å². The number of thioether (sulfide) groups is 1. The number of nitro benzene ring substituents is 1. The highest BCUT2D eigenvalue weighted by Crippen LogP contribution is 2.64. The summed E-state index contributed by atoms with van der Waals surface area (Å²) in [7, 11) is -2.89. The highest BCUT2D eigenvalue weighted by atomic mass is 32.3. The van der Waals surface area contributed by atoms with Gasteiger partial charge < -0.3 is 4.74 Å². The van der Waals surface area contributed by atoms with Crippen LogP contribution in [0.5, 0.6) is 5.75 Å². The summed E-state index contributed by atoms with van der Waals surface area (Å²) in [6, 6.07) is 21.4. The van der Waals surface area contributed by atoms with Gasteiger partial charge in [0.25, 0.3) is 5.69 Å². The molecule has 0 aliphatic carbocycles. The smallest absolute Gasteiger partial charge is 0.269 e. The van der Waals surface area contributed by atoms with Gasteiger partial charge in [0.1, 0.15) is 12.4 Å². The minimum absolute atomic E-state index is 0.0103. The average Bonchev–Trinajstić information content (AvgIpc) is 2.98. The SMILES string of the molecule is O=[N+]([O-])c1cccc(COc2cccc3c2C(Sc2ccccc2)CS3(O)O)c1. The number of fused-ring (bicyclic) bond motifs is 1. The Kier molecular flexibility index (Phi) is 5.51. The van der Waals surface area contributed by atoms with E-state index in [-0.39, 0.29) is 23.3 Å². The first-order valence-electron chi connectivity index (χ1n) is 8.91. The lowest BCUT2D eigenvalue weighted by Crippen LogP contribution is -2.01. The van der Waals surface area contributed by atoms with E-state index in [0.717, 1.165) is 10.5 Å². The highest BCUT2D eigenvalue weighted by Gasteiger charge is 2.38. The maximum absolute atomic E-state index is 11.0. The van der Waals surface area contributed by atoms with Crippen molar-refractivity contribution in [1.29, 1.82) is 0 Å². The summed E-state index contributed by atoms with van der Waals surface area (Å²) in [5.41, 5.74) is 1.47. The topological polar surface area (TPSA) is 92.8 Å². The van der Waals surface area contributed by atoms with Crippen LogP contribution < -0.4 is 4.74 Å². The van der Waals surface area contributed by atoms with E-state index >= 15 is 0 Å². The van der Waals surface area contributed by atoms with Crippen LogP contribution in [0.1, 0.15) is 16.4 Å². The molecule has 8 heteroatoms. The van der Waals surface area contributed by atoms with Crippen LogP contribution in [0.15, 0.2) is 82.6 Å². The van der Waals surface area contributed by atoms with E-state index in [1.54, 1.807) is 42.1 Å². The molecule has 4 rings (SSSR count). The zero-order valence-corrected chi connectivity index (χ0v) is 16.9. The van der Waals surface area contributed by atoms with Crippen molar-refractivity contribution in [2.75, 3.05) is 5.75 Å². The van der Waals surface area contributed by atoms with Crippen LogP contribution in [0.2, 0.25) is 0 Å². The minimum atomic E-state index is -2.89. The molecule has 0 bridgehead atoms. The lowest BCUT2D eigenvalue weighted by molar-refractivity contribution is -0.384. The van der Waals surface area contributed by atoms with Crippen molar-refractivity contribution in [1.82, 2.24) is 0 Å². The molecule has 3 aromatic carbocycles. The van der Waals surface area contributed by atoms with Gasteiger partial charge in [-0.1, -0.05) is 36.4 Å². The maximum Gasteiger partial charge on any atom is 0.269 e. The van der Waals surface area contributed by atoms with E-state index in [0.29, 0.717) is 16.2 Å². The van der Waals surface area contributed by atoms with E-state index in [9.17, 15) is 19.2 Å². The molecule has 1 aliphatic heterocycles. The summed E-state index contributed by atoms with van der Waals surface area (Å²) in [6.07, 6.45) is 0. The lowest BCUT2D eigenvalue weighted by Gasteiger charge is -2.27. The molecular weight excluding hydrogens is 410 g/mol. The standard InChI is InChI=1S/C21H19NO5S2/c23-22(24)16-7-4-6-15(12-16)13-27-18-10-5-11-20-21(18)19(14-29(20,25)26)28-17-8-2-1-3-9-17/h1-12,19,25-26H,13-14H2. The molecule has 0 aromatic heterocycles. The minimum Gasteiger partial charge on any atom is -0.489 e. The molecule has 0 fully saturated rings. The molecule has 0 amide bonds. The number of ether oxygens (including phenoxy) is 1. The first kappa shape index (κ1) is 19.8. The predicted molar refractivity (Wildman–Crippen MR) is 115 cm³/mol. The van der Waals surface area contributed by atoms with Crippen molar-refractivity contribution in [3.8, 4) is 5.75 Å². The van der Waals surface area contributed by atoms with E-state index in [1.807, 2.05) is 30.3 Å². The van der Waals surface area contributed by atoms with E-state index in [4.69, 9.17) is 4.74 Å². The number of nitrogens with zero attached hydrogens (tertiary/aromatic N) is 1. The van der Waals surface area contributed by atoms with E-state index in [1.165, 1.54) is 12.1 Å². The molecule has 1 atom stereocenters. The van der Waals surface area contributed by atoms with Gasteiger partial charge in [-0.2, -0.15) is 10.6 Å². The van der Waals surface area contributed by atoms with Crippen LogP contribution in [0.3, 0.4) is 0 Å². The Balaban J connectivity index is 1.61. The Labute approximate surface area is 174 Å². The van der Waals surface area contributed by atoms with Gasteiger partial charge in [0.2, 0.25) is 0 Å². The zero-order chi connectivity index (χ0) is 20.4. The Morgan fingerprint density at radius 1 is 1.07 bits per heavy atom. The molecule has 0 saturated heterocycles. The molecular formula is C21H19NO5S2. The number of hydrogen-bond donors (Lipinski definition) is 2. The predicted octanol–water partition coefficient (Wildman–Crippen LogP) is 6.13. The summed E-state index contributed by atoms with van der Waals surface area (Å²) < 4.78 is 27.2. The van der Waals surface area contributed by atoms with Crippen molar-refractivity contribution in [3.05, 3.63) is 94.0 Å². The third-order valence-corrected chi connectivity index (χ3v) is 7.92. The number of hydrogen-bond acceptors (Lipinski definition) is 6. The van der Waals surface area contributed by atoms with Gasteiger partial charge in [0.15, 0.2) is 0 Å². The fraction of sp³-hybridized carbons (Fsp3) is 0.143. The van der Waals surface area contributed by atoms with E-state index in [2.05, 4.69) is 0 Å². The summed E-state index contributed by atoms with van der Waals surface area (Å²) in [5, 5.41) is 10.8. The van der Waals surface area contributed by atoms with Crippen LogP contribution in [0.25, 0.3) is 0 Å². The molecule has 0 saturated carbocycles. The first-order chi connectivity index (χ1) is 13.9. The molecule has 150 valence electrons. The fourth-order valence-corrected chi connectivity index (χ4v) is 6.89. The Hall–Kier alpha value is -2.52. The lowest BCUT2D eigenvalue weighted by atomic mass is 10.1. The van der Waals surface area contributed by atoms with Gasteiger partial charge in [0.05, 0.1) is 20.8 Å². The normalized spacial score (nSPS) is 18.1. The quantitative estimate of drug-likeness (QED) is 0.362. The molecule has 0 radical (unpaired) electrons. The second-order valence-electron chi connectivity index (χ2n) is 6.64. The van der Waals surface area contributed by atoms with Crippen molar-refractivity contribution in [2.24, 2.45) is 0 Å². The zero-order valence-electron chi connectivity index (χ0n) is 15.3. The third-order valence-electron chi connectivity index (χ3n) is 4.62. The summed E-state index contributed by atoms with van der Waals surface area (Å²) in [4.78, 5) is 12.1. The van der Waals surface area contributed by atoms with Gasteiger partial charge in [-0.25, -0.2) is 0 Å². The van der Waals surface area contributed by atoms with E-state index < -0.39 is 15.5 Å². The number of non-ortho nitro benzene ring substituents is 1. The second kappa shape index (κ2) is 8.08. The monoisotopic (exact) mass is 429 g/mol. The number of benzene rings is 3. The van der Waals surface area contributed by atoms with Gasteiger partial charge in [-0.3, -0.25) is 19.2 Å². The van der Waals surface area contributed by atoms with Crippen molar-refractivity contribution >= 4 is 28.0 Å². The number of rotatable bonds is 6. The average molecular weight is 430 g/mol. The van der Waals surface area contributed by atoms with Gasteiger partial charge >= 0.3 is 0 Å². The second-order valence-corrected chi connectivity index (χ2v) is 10.0. The summed E-state index contributed by atoms with van der Waals surface area (Å²) in [6.45, 7) is 0.153. The summed E-state index contributed by atoms with van der Waals surface area (Å²) >= 11 is 1.57. The van der Waals surface area contributed by atoms with Gasteiger partial charge in [0, 0.05) is 22.6 Å². The highest BCUT2D eigenvalue weighted by molar-refractivity contribution is 8.25. The van der Waals surface area contributed by atoms with Gasteiger partial charge in [-0.15, -0.1) is 11.8 Å². The number of nitro groups is 1. The Bertz CT molecular complexity index is 1040. The van der Waals surface area contributed by atoms with Crippen LogP contribution in [0.4, 0.5) is 5.69 Å². The molecule has 1 aliphatic rings. The van der Waals surface area contributed by atoms with Crippen molar-refractivity contribution in [3.63, 3.8) is 0 Å². The van der Waals surface area contributed by atoms with Crippen molar-refractivity contribution in [2.45, 2.75) is 21.6 Å². The summed E-state index contributed by atoms with van der Waals surface area (Å²) in [5.74, 6) is 0.805. The molecule has 1 unspecified atom stereocenters. The molecule has 2 N–H and O–H groups in total. The fourth-order valence-electron chi connectivity index (χ4n) is 3.31. The molecule has 6 nitrogen and oxygen atoms in total. The molecule has 3 aromatic rings. The van der Waals surface area contributed by atoms with Crippen LogP contribution >= 0.6 is 22.4 Å². The van der Waals surface area contributed by atoms with Crippen LogP contribution in [-0.2, 0) is 6.61 Å². The molecule has 1 heterocycles.